The second-order valence-corrected chi connectivity index (χ2v) is 5.03. The summed E-state index contributed by atoms with van der Waals surface area (Å²) in [6, 6.07) is 8.27. The number of nitrogens with one attached hydrogen (secondary N) is 2. The van der Waals surface area contributed by atoms with Crippen molar-refractivity contribution in [2.45, 2.75) is 6.92 Å². The fourth-order valence-electron chi connectivity index (χ4n) is 1.94. The first-order chi connectivity index (χ1) is 12.5. The Hall–Kier alpha value is -3.42. The molecule has 2 amide bonds. The first-order valence-corrected chi connectivity index (χ1v) is 7.75. The smallest absolute Gasteiger partial charge is 0.325 e. The minimum absolute atomic E-state index is 0.00759. The molecule has 2 aromatic rings. The number of rotatable bonds is 7. The van der Waals surface area contributed by atoms with Crippen molar-refractivity contribution in [1.29, 1.82) is 0 Å². The molecule has 26 heavy (non-hydrogen) atoms. The van der Waals surface area contributed by atoms with Gasteiger partial charge in [0.25, 0.3) is 11.8 Å². The molecule has 2 N–H and O–H groups in total. The van der Waals surface area contributed by atoms with Crippen LogP contribution in [0.5, 0.6) is 0 Å². The molecule has 0 bridgehead atoms. The Morgan fingerprint density at radius 2 is 1.92 bits per heavy atom. The standard InChI is InChI=1S/C18H17FN2O5/c1-2-25-16(22)11-20-17(23)14(10-12-5-7-13(19)8-6-12)21-18(24)15-4-3-9-26-15/h3-10H,2,11H2,1H3,(H,20,23)(H,21,24). The highest BCUT2D eigenvalue weighted by Crippen LogP contribution is 2.09. The lowest BCUT2D eigenvalue weighted by molar-refractivity contribution is -0.143. The fourth-order valence-corrected chi connectivity index (χ4v) is 1.94. The van der Waals surface area contributed by atoms with E-state index in [1.165, 1.54) is 48.7 Å². The highest BCUT2D eigenvalue weighted by Gasteiger charge is 2.17. The summed E-state index contributed by atoms with van der Waals surface area (Å²) in [5, 5.41) is 4.76. The van der Waals surface area contributed by atoms with Crippen LogP contribution in [0, 0.1) is 5.82 Å². The van der Waals surface area contributed by atoms with Crippen LogP contribution in [-0.2, 0) is 14.3 Å². The van der Waals surface area contributed by atoms with Crippen LogP contribution in [0.3, 0.4) is 0 Å². The number of hydrogen-bond acceptors (Lipinski definition) is 5. The zero-order chi connectivity index (χ0) is 18.9. The zero-order valence-electron chi connectivity index (χ0n) is 14.0. The molecule has 0 fully saturated rings. The molecule has 1 heterocycles. The number of furan rings is 1. The van der Waals surface area contributed by atoms with Crippen molar-refractivity contribution in [2.75, 3.05) is 13.2 Å². The Morgan fingerprint density at radius 1 is 1.19 bits per heavy atom. The van der Waals surface area contributed by atoms with Crippen molar-refractivity contribution in [3.05, 3.63) is 65.5 Å². The van der Waals surface area contributed by atoms with E-state index in [4.69, 9.17) is 9.15 Å². The van der Waals surface area contributed by atoms with E-state index in [0.717, 1.165) is 0 Å². The van der Waals surface area contributed by atoms with E-state index in [1.54, 1.807) is 6.92 Å². The molecule has 1 aromatic carbocycles. The third kappa shape index (κ3) is 5.59. The molecule has 7 nitrogen and oxygen atoms in total. The van der Waals surface area contributed by atoms with Gasteiger partial charge in [-0.2, -0.15) is 0 Å². The van der Waals surface area contributed by atoms with Gasteiger partial charge in [0.2, 0.25) is 0 Å². The molecule has 0 spiro atoms. The molecule has 2 rings (SSSR count). The Bertz CT molecular complexity index is 797. The summed E-state index contributed by atoms with van der Waals surface area (Å²) in [7, 11) is 0. The van der Waals surface area contributed by atoms with Crippen LogP contribution in [0.2, 0.25) is 0 Å². The summed E-state index contributed by atoms with van der Waals surface area (Å²) in [5.41, 5.74) is 0.342. The fraction of sp³-hybridized carbons (Fsp3) is 0.167. The number of benzene rings is 1. The van der Waals surface area contributed by atoms with Crippen LogP contribution >= 0.6 is 0 Å². The molecule has 0 saturated heterocycles. The predicted octanol–water partition coefficient (Wildman–Crippen LogP) is 1.87. The summed E-state index contributed by atoms with van der Waals surface area (Å²) in [6.07, 6.45) is 2.67. The van der Waals surface area contributed by atoms with Crippen molar-refractivity contribution < 1.29 is 27.9 Å². The molecule has 0 atom stereocenters. The molecule has 0 radical (unpaired) electrons. The van der Waals surface area contributed by atoms with Crippen molar-refractivity contribution in [3.63, 3.8) is 0 Å². The third-order valence-electron chi connectivity index (χ3n) is 3.12. The van der Waals surface area contributed by atoms with Gasteiger partial charge >= 0.3 is 5.97 Å². The second kappa shape index (κ2) is 9.16. The Labute approximate surface area is 148 Å². The first-order valence-electron chi connectivity index (χ1n) is 7.75. The zero-order valence-corrected chi connectivity index (χ0v) is 14.0. The molecule has 136 valence electrons. The summed E-state index contributed by atoms with van der Waals surface area (Å²) in [5.74, 6) is -2.39. The molecule has 0 aliphatic carbocycles. The number of halogens is 1. The van der Waals surface area contributed by atoms with Gasteiger partial charge in [-0.1, -0.05) is 12.1 Å². The number of ether oxygens (including phenoxy) is 1. The molecule has 0 saturated carbocycles. The van der Waals surface area contributed by atoms with E-state index in [9.17, 15) is 18.8 Å². The topological polar surface area (TPSA) is 97.6 Å². The van der Waals surface area contributed by atoms with E-state index in [2.05, 4.69) is 10.6 Å². The van der Waals surface area contributed by atoms with Gasteiger partial charge in [-0.3, -0.25) is 14.4 Å². The van der Waals surface area contributed by atoms with E-state index >= 15 is 0 Å². The number of carbonyl (C=O) groups excluding carboxylic acids is 3. The quantitative estimate of drug-likeness (QED) is 0.580. The first kappa shape index (κ1) is 18.9. The second-order valence-electron chi connectivity index (χ2n) is 5.03. The van der Waals surface area contributed by atoms with Gasteiger partial charge in [-0.05, 0) is 42.8 Å². The SMILES string of the molecule is CCOC(=O)CNC(=O)C(=Cc1ccc(F)cc1)NC(=O)c1ccco1. The van der Waals surface area contributed by atoms with Gasteiger partial charge in [-0.25, -0.2) is 4.39 Å². The van der Waals surface area contributed by atoms with Crippen molar-refractivity contribution >= 4 is 23.9 Å². The third-order valence-corrected chi connectivity index (χ3v) is 3.12. The summed E-state index contributed by atoms with van der Waals surface area (Å²) >= 11 is 0. The maximum absolute atomic E-state index is 13.0. The number of esters is 1. The average Bonchev–Trinajstić information content (AvgIpc) is 3.16. The van der Waals surface area contributed by atoms with E-state index in [-0.39, 0.29) is 24.6 Å². The van der Waals surface area contributed by atoms with Gasteiger partial charge < -0.3 is 19.8 Å². The van der Waals surface area contributed by atoms with E-state index in [1.807, 2.05) is 0 Å². The largest absolute Gasteiger partial charge is 0.465 e. The lowest BCUT2D eigenvalue weighted by atomic mass is 10.2. The van der Waals surface area contributed by atoms with Gasteiger partial charge in [0.05, 0.1) is 12.9 Å². The van der Waals surface area contributed by atoms with Crippen LogP contribution in [0.1, 0.15) is 23.0 Å². The number of carbonyl (C=O) groups is 3. The molecule has 8 heteroatoms. The highest BCUT2D eigenvalue weighted by atomic mass is 19.1. The highest BCUT2D eigenvalue weighted by molar-refractivity contribution is 6.05. The van der Waals surface area contributed by atoms with Gasteiger partial charge in [0.1, 0.15) is 18.1 Å². The Balaban J connectivity index is 2.17. The lowest BCUT2D eigenvalue weighted by Crippen LogP contribution is -2.37. The Kier molecular flexibility index (Phi) is 6.67. The van der Waals surface area contributed by atoms with Crippen molar-refractivity contribution in [3.8, 4) is 0 Å². The van der Waals surface area contributed by atoms with Crippen LogP contribution in [0.4, 0.5) is 4.39 Å². The number of amides is 2. The monoisotopic (exact) mass is 360 g/mol. The normalized spacial score (nSPS) is 10.9. The van der Waals surface area contributed by atoms with Gasteiger partial charge in [0, 0.05) is 0 Å². The van der Waals surface area contributed by atoms with Crippen LogP contribution < -0.4 is 10.6 Å². The van der Waals surface area contributed by atoms with Crippen molar-refractivity contribution in [2.24, 2.45) is 0 Å². The maximum Gasteiger partial charge on any atom is 0.325 e. The minimum atomic E-state index is -0.706. The molecular weight excluding hydrogens is 343 g/mol. The van der Waals surface area contributed by atoms with Gasteiger partial charge in [-0.15, -0.1) is 0 Å². The minimum Gasteiger partial charge on any atom is -0.465 e. The predicted molar refractivity (Wildman–Crippen MR) is 90.2 cm³/mol. The van der Waals surface area contributed by atoms with Crippen LogP contribution in [0.15, 0.2) is 52.8 Å². The summed E-state index contributed by atoms with van der Waals surface area (Å²) in [4.78, 5) is 35.8. The molecular formula is C18H17FN2O5. The van der Waals surface area contributed by atoms with E-state index in [0.29, 0.717) is 5.56 Å². The van der Waals surface area contributed by atoms with Crippen LogP contribution in [-0.4, -0.2) is 30.9 Å². The molecule has 0 aliphatic rings. The van der Waals surface area contributed by atoms with Crippen molar-refractivity contribution in [1.82, 2.24) is 10.6 Å². The number of hydrogen-bond donors (Lipinski definition) is 2. The van der Waals surface area contributed by atoms with Crippen LogP contribution in [0.25, 0.3) is 6.08 Å². The molecule has 0 unspecified atom stereocenters. The Morgan fingerprint density at radius 3 is 2.54 bits per heavy atom. The van der Waals surface area contributed by atoms with Gasteiger partial charge in [0.15, 0.2) is 5.76 Å². The lowest BCUT2D eigenvalue weighted by Gasteiger charge is -2.10. The maximum atomic E-state index is 13.0. The molecule has 0 aliphatic heterocycles. The molecule has 1 aromatic heterocycles. The van der Waals surface area contributed by atoms with E-state index < -0.39 is 23.6 Å². The summed E-state index contributed by atoms with van der Waals surface area (Å²) in [6.45, 7) is 1.47. The summed E-state index contributed by atoms with van der Waals surface area (Å²) < 4.78 is 22.7. The average molecular weight is 360 g/mol.